The van der Waals surface area contributed by atoms with Crippen molar-refractivity contribution in [3.05, 3.63) is 58.9 Å². The van der Waals surface area contributed by atoms with Crippen LogP contribution in [0.2, 0.25) is 5.02 Å². The molecule has 2 aromatic carbocycles. The fourth-order valence-corrected chi connectivity index (χ4v) is 3.30. The summed E-state index contributed by atoms with van der Waals surface area (Å²) in [6.07, 6.45) is 1.52. The number of ether oxygens (including phenoxy) is 2. The van der Waals surface area contributed by atoms with Gasteiger partial charge in [-0.3, -0.25) is 4.79 Å². The normalized spacial score (nSPS) is 12.6. The van der Waals surface area contributed by atoms with Crippen molar-refractivity contribution in [2.75, 3.05) is 13.2 Å². The second kappa shape index (κ2) is 8.96. The molecule has 1 aromatic heterocycles. The molecule has 0 bridgehead atoms. The second-order valence-electron chi connectivity index (χ2n) is 6.60. The van der Waals surface area contributed by atoms with E-state index in [4.69, 9.17) is 25.5 Å². The van der Waals surface area contributed by atoms with Gasteiger partial charge in [0.15, 0.2) is 11.5 Å². The standard InChI is InChI=1S/C21H20ClN3O4/c22-16-11-14(12-17-20(16)28-10-9-27-17)13-23-18(26)7-4-8-19-24-25-21(29-19)15-5-2-1-3-6-15/h1-3,5-6,11-12H,4,7-10,13H2,(H,23,26). The van der Waals surface area contributed by atoms with Gasteiger partial charge in [-0.15, -0.1) is 10.2 Å². The van der Waals surface area contributed by atoms with Crippen LogP contribution in [0.25, 0.3) is 11.5 Å². The molecule has 0 spiro atoms. The Labute approximate surface area is 173 Å². The maximum atomic E-state index is 12.1. The van der Waals surface area contributed by atoms with E-state index in [9.17, 15) is 4.79 Å². The molecular weight excluding hydrogens is 394 g/mol. The Bertz CT molecular complexity index is 991. The number of fused-ring (bicyclic) bond motifs is 1. The molecule has 7 nitrogen and oxygen atoms in total. The number of nitrogens with zero attached hydrogens (tertiary/aromatic N) is 2. The van der Waals surface area contributed by atoms with Crippen LogP contribution >= 0.6 is 11.6 Å². The van der Waals surface area contributed by atoms with Crippen LogP contribution in [0, 0.1) is 0 Å². The molecule has 0 atom stereocenters. The van der Waals surface area contributed by atoms with Gasteiger partial charge in [0.25, 0.3) is 0 Å². The van der Waals surface area contributed by atoms with Crippen molar-refractivity contribution in [2.45, 2.75) is 25.8 Å². The van der Waals surface area contributed by atoms with Crippen molar-refractivity contribution in [1.82, 2.24) is 15.5 Å². The van der Waals surface area contributed by atoms with E-state index in [0.717, 1.165) is 11.1 Å². The Morgan fingerprint density at radius 2 is 1.93 bits per heavy atom. The summed E-state index contributed by atoms with van der Waals surface area (Å²) in [5.74, 6) is 2.12. The minimum atomic E-state index is -0.0567. The van der Waals surface area contributed by atoms with Crippen LogP contribution in [0.4, 0.5) is 0 Å². The Balaban J connectivity index is 1.24. The van der Waals surface area contributed by atoms with E-state index >= 15 is 0 Å². The van der Waals surface area contributed by atoms with Crippen LogP contribution in [0.1, 0.15) is 24.3 Å². The lowest BCUT2D eigenvalue weighted by Gasteiger charge is -2.20. The summed E-state index contributed by atoms with van der Waals surface area (Å²) in [5.41, 5.74) is 1.74. The first-order valence-electron chi connectivity index (χ1n) is 9.41. The number of hydrogen-bond donors (Lipinski definition) is 1. The highest BCUT2D eigenvalue weighted by molar-refractivity contribution is 6.32. The number of rotatable bonds is 7. The number of halogens is 1. The third-order valence-corrected chi connectivity index (χ3v) is 4.71. The van der Waals surface area contributed by atoms with Crippen LogP contribution in [0.5, 0.6) is 11.5 Å². The summed E-state index contributed by atoms with van der Waals surface area (Å²) in [5, 5.41) is 11.5. The van der Waals surface area contributed by atoms with Crippen molar-refractivity contribution in [3.8, 4) is 23.0 Å². The molecule has 2 heterocycles. The predicted molar refractivity (Wildman–Crippen MR) is 107 cm³/mol. The first kappa shape index (κ1) is 19.3. The summed E-state index contributed by atoms with van der Waals surface area (Å²) >= 11 is 6.22. The average Bonchev–Trinajstić information content (AvgIpc) is 3.22. The number of carbonyl (C=O) groups excluding carboxylic acids is 1. The van der Waals surface area contributed by atoms with Crippen molar-refractivity contribution in [2.24, 2.45) is 0 Å². The number of benzene rings is 2. The molecule has 0 fully saturated rings. The highest BCUT2D eigenvalue weighted by Crippen LogP contribution is 2.38. The van der Waals surface area contributed by atoms with E-state index in [1.165, 1.54) is 0 Å². The summed E-state index contributed by atoms with van der Waals surface area (Å²) in [4.78, 5) is 12.1. The summed E-state index contributed by atoms with van der Waals surface area (Å²) in [6, 6.07) is 13.2. The van der Waals surface area contributed by atoms with Crippen LogP contribution in [-0.2, 0) is 17.8 Å². The third kappa shape index (κ3) is 4.86. The largest absolute Gasteiger partial charge is 0.486 e. The highest BCUT2D eigenvalue weighted by Gasteiger charge is 2.17. The van der Waals surface area contributed by atoms with Gasteiger partial charge >= 0.3 is 0 Å². The van der Waals surface area contributed by atoms with E-state index in [1.54, 1.807) is 6.07 Å². The van der Waals surface area contributed by atoms with E-state index in [0.29, 0.717) is 67.3 Å². The van der Waals surface area contributed by atoms with E-state index in [-0.39, 0.29) is 5.91 Å². The van der Waals surface area contributed by atoms with Gasteiger partial charge in [0.05, 0.1) is 5.02 Å². The fraction of sp³-hybridized carbons (Fsp3) is 0.286. The fourth-order valence-electron chi connectivity index (χ4n) is 3.01. The Morgan fingerprint density at radius 1 is 1.10 bits per heavy atom. The number of aryl methyl sites for hydroxylation is 1. The molecule has 0 saturated heterocycles. The molecule has 0 radical (unpaired) electrons. The van der Waals surface area contributed by atoms with Crippen molar-refractivity contribution >= 4 is 17.5 Å². The van der Waals surface area contributed by atoms with Crippen LogP contribution in [0.15, 0.2) is 46.9 Å². The molecule has 1 aliphatic rings. The average molecular weight is 414 g/mol. The second-order valence-corrected chi connectivity index (χ2v) is 7.01. The highest BCUT2D eigenvalue weighted by atomic mass is 35.5. The predicted octanol–water partition coefficient (Wildman–Crippen LogP) is 3.80. The summed E-state index contributed by atoms with van der Waals surface area (Å²) in [7, 11) is 0. The molecule has 4 rings (SSSR count). The maximum Gasteiger partial charge on any atom is 0.247 e. The van der Waals surface area contributed by atoms with Crippen molar-refractivity contribution < 1.29 is 18.7 Å². The van der Waals surface area contributed by atoms with Gasteiger partial charge in [0.1, 0.15) is 13.2 Å². The number of hydrogen-bond acceptors (Lipinski definition) is 6. The molecule has 1 N–H and O–H groups in total. The van der Waals surface area contributed by atoms with Crippen LogP contribution in [0.3, 0.4) is 0 Å². The number of amides is 1. The zero-order valence-electron chi connectivity index (χ0n) is 15.7. The van der Waals surface area contributed by atoms with Crippen molar-refractivity contribution in [3.63, 3.8) is 0 Å². The lowest BCUT2D eigenvalue weighted by atomic mass is 10.1. The Hall–Kier alpha value is -3.06. The Morgan fingerprint density at radius 3 is 2.79 bits per heavy atom. The molecule has 150 valence electrons. The third-order valence-electron chi connectivity index (χ3n) is 4.43. The van der Waals surface area contributed by atoms with E-state index in [1.807, 2.05) is 36.4 Å². The first-order valence-corrected chi connectivity index (χ1v) is 9.79. The van der Waals surface area contributed by atoms with E-state index < -0.39 is 0 Å². The van der Waals surface area contributed by atoms with E-state index in [2.05, 4.69) is 15.5 Å². The molecule has 0 unspecified atom stereocenters. The van der Waals surface area contributed by atoms with Gasteiger partial charge in [-0.2, -0.15) is 0 Å². The Kier molecular flexibility index (Phi) is 5.95. The monoisotopic (exact) mass is 413 g/mol. The lowest BCUT2D eigenvalue weighted by molar-refractivity contribution is -0.121. The maximum absolute atomic E-state index is 12.1. The lowest BCUT2D eigenvalue weighted by Crippen LogP contribution is -2.23. The molecule has 8 heteroatoms. The number of aromatic nitrogens is 2. The number of nitrogens with one attached hydrogen (secondary N) is 1. The molecule has 0 saturated carbocycles. The number of carbonyl (C=O) groups is 1. The molecular formula is C21H20ClN3O4. The molecule has 1 aliphatic heterocycles. The molecule has 29 heavy (non-hydrogen) atoms. The molecule has 1 amide bonds. The molecule has 0 aliphatic carbocycles. The van der Waals surface area contributed by atoms with Gasteiger partial charge in [0.2, 0.25) is 17.7 Å². The zero-order valence-corrected chi connectivity index (χ0v) is 16.4. The van der Waals surface area contributed by atoms with Gasteiger partial charge in [-0.05, 0) is 36.2 Å². The van der Waals surface area contributed by atoms with Gasteiger partial charge < -0.3 is 19.2 Å². The smallest absolute Gasteiger partial charge is 0.247 e. The van der Waals surface area contributed by atoms with Crippen LogP contribution < -0.4 is 14.8 Å². The quantitative estimate of drug-likeness (QED) is 0.634. The first-order chi connectivity index (χ1) is 14.2. The van der Waals surface area contributed by atoms with Crippen LogP contribution in [-0.4, -0.2) is 29.3 Å². The summed E-state index contributed by atoms with van der Waals surface area (Å²) in [6.45, 7) is 1.34. The molecule has 3 aromatic rings. The SMILES string of the molecule is O=C(CCCc1nnc(-c2ccccc2)o1)NCc1cc(Cl)c2c(c1)OCCO2. The van der Waals surface area contributed by atoms with Gasteiger partial charge in [0, 0.05) is 24.9 Å². The zero-order chi connectivity index (χ0) is 20.1. The van der Waals surface area contributed by atoms with Gasteiger partial charge in [-0.1, -0.05) is 29.8 Å². The minimum absolute atomic E-state index is 0.0567. The topological polar surface area (TPSA) is 86.5 Å². The summed E-state index contributed by atoms with van der Waals surface area (Å²) < 4.78 is 16.7. The van der Waals surface area contributed by atoms with Gasteiger partial charge in [-0.25, -0.2) is 0 Å². The minimum Gasteiger partial charge on any atom is -0.486 e. The van der Waals surface area contributed by atoms with Crippen molar-refractivity contribution in [1.29, 1.82) is 0 Å².